The van der Waals surface area contributed by atoms with Gasteiger partial charge in [0.25, 0.3) is 0 Å². The highest BCUT2D eigenvalue weighted by Crippen LogP contribution is 2.37. The quantitative estimate of drug-likeness (QED) is 0.791. The molecule has 0 saturated heterocycles. The maximum absolute atomic E-state index is 11.6. The van der Waals surface area contributed by atoms with Gasteiger partial charge in [-0.05, 0) is 31.2 Å². The molecule has 1 aliphatic heterocycles. The molecular weight excluding hydrogens is 322 g/mol. The van der Waals surface area contributed by atoms with E-state index < -0.39 is 12.1 Å². The lowest BCUT2D eigenvalue weighted by Crippen LogP contribution is -2.25. The maximum Gasteiger partial charge on any atom is 0.358 e. The van der Waals surface area contributed by atoms with Crippen LogP contribution in [-0.2, 0) is 0 Å². The number of ether oxygens (including phenoxy) is 2. The van der Waals surface area contributed by atoms with Crippen LogP contribution < -0.4 is 9.47 Å². The molecule has 25 heavy (non-hydrogen) atoms. The minimum Gasteiger partial charge on any atom is -0.485 e. The van der Waals surface area contributed by atoms with Crippen molar-refractivity contribution in [1.82, 2.24) is 15.0 Å². The number of aromatic nitrogens is 3. The Kier molecular flexibility index (Phi) is 3.61. The SMILES string of the molecule is Cc1ccc(-n2nnc(C(=O)O)c2C2COc3ccccc3O2)cc1. The van der Waals surface area contributed by atoms with E-state index in [-0.39, 0.29) is 12.3 Å². The Morgan fingerprint density at radius 3 is 2.60 bits per heavy atom. The van der Waals surface area contributed by atoms with Gasteiger partial charge in [0.05, 0.1) is 5.69 Å². The van der Waals surface area contributed by atoms with Crippen LogP contribution >= 0.6 is 0 Å². The Bertz CT molecular complexity index is 934. The summed E-state index contributed by atoms with van der Waals surface area (Å²) in [5.74, 6) is 0.0348. The number of carbonyl (C=O) groups is 1. The van der Waals surface area contributed by atoms with E-state index in [0.717, 1.165) is 5.56 Å². The molecule has 7 heteroatoms. The van der Waals surface area contributed by atoms with Crippen molar-refractivity contribution in [3.8, 4) is 17.2 Å². The summed E-state index contributed by atoms with van der Waals surface area (Å²) in [6, 6.07) is 14.8. The molecule has 0 bridgehead atoms. The molecule has 2 aromatic carbocycles. The molecule has 4 rings (SSSR count). The van der Waals surface area contributed by atoms with Crippen LogP contribution in [0.1, 0.15) is 27.8 Å². The van der Waals surface area contributed by atoms with Gasteiger partial charge in [0, 0.05) is 0 Å². The van der Waals surface area contributed by atoms with Crippen molar-refractivity contribution in [3.63, 3.8) is 0 Å². The molecule has 0 radical (unpaired) electrons. The van der Waals surface area contributed by atoms with Crippen LogP contribution in [-0.4, -0.2) is 32.7 Å². The number of benzene rings is 2. The molecule has 1 N–H and O–H groups in total. The molecule has 0 saturated carbocycles. The molecule has 0 spiro atoms. The Morgan fingerprint density at radius 2 is 1.88 bits per heavy atom. The zero-order valence-electron chi connectivity index (χ0n) is 13.4. The zero-order chi connectivity index (χ0) is 17.4. The number of carboxylic acids is 1. The van der Waals surface area contributed by atoms with Gasteiger partial charge in [0.1, 0.15) is 12.3 Å². The van der Waals surface area contributed by atoms with Crippen molar-refractivity contribution in [2.45, 2.75) is 13.0 Å². The fraction of sp³-hybridized carbons (Fsp3) is 0.167. The topological polar surface area (TPSA) is 86.5 Å². The van der Waals surface area contributed by atoms with Gasteiger partial charge in [-0.1, -0.05) is 35.0 Å². The van der Waals surface area contributed by atoms with Crippen LogP contribution in [0.4, 0.5) is 0 Å². The van der Waals surface area contributed by atoms with Crippen LogP contribution in [0.5, 0.6) is 11.5 Å². The number of para-hydroxylation sites is 2. The zero-order valence-corrected chi connectivity index (χ0v) is 13.4. The van der Waals surface area contributed by atoms with Crippen molar-refractivity contribution in [3.05, 3.63) is 65.5 Å². The maximum atomic E-state index is 11.6. The number of hydrogen-bond acceptors (Lipinski definition) is 5. The van der Waals surface area contributed by atoms with Crippen LogP contribution in [0.2, 0.25) is 0 Å². The number of aryl methyl sites for hydroxylation is 1. The predicted octanol–water partition coefficient (Wildman–Crippen LogP) is 2.79. The summed E-state index contributed by atoms with van der Waals surface area (Å²) < 4.78 is 13.2. The number of fused-ring (bicyclic) bond motifs is 1. The molecule has 0 amide bonds. The van der Waals surface area contributed by atoms with Gasteiger partial charge in [-0.15, -0.1) is 5.10 Å². The van der Waals surface area contributed by atoms with Crippen LogP contribution in [0.15, 0.2) is 48.5 Å². The standard InChI is InChI=1S/C18H15N3O4/c1-11-6-8-12(9-7-11)21-17(16(18(22)23)19-20-21)15-10-24-13-4-2-3-5-14(13)25-15/h2-9,15H,10H2,1H3,(H,22,23). The van der Waals surface area contributed by atoms with Gasteiger partial charge < -0.3 is 14.6 Å². The first kappa shape index (κ1) is 15.2. The monoisotopic (exact) mass is 337 g/mol. The van der Waals surface area contributed by atoms with E-state index in [4.69, 9.17) is 9.47 Å². The van der Waals surface area contributed by atoms with E-state index in [1.54, 1.807) is 12.1 Å². The van der Waals surface area contributed by atoms with Crippen molar-refractivity contribution in [2.75, 3.05) is 6.61 Å². The first-order valence-corrected chi connectivity index (χ1v) is 7.78. The lowest BCUT2D eigenvalue weighted by molar-refractivity contribution is 0.0661. The predicted molar refractivity (Wildman–Crippen MR) is 88.4 cm³/mol. The minimum absolute atomic E-state index is 0.145. The van der Waals surface area contributed by atoms with Gasteiger partial charge in [0.15, 0.2) is 23.3 Å². The third kappa shape index (κ3) is 2.69. The number of carboxylic acid groups (broad SMARTS) is 1. The lowest BCUT2D eigenvalue weighted by atomic mass is 10.1. The number of nitrogens with zero attached hydrogens (tertiary/aromatic N) is 3. The second-order valence-electron chi connectivity index (χ2n) is 5.74. The average molecular weight is 337 g/mol. The van der Waals surface area contributed by atoms with Crippen LogP contribution in [0.25, 0.3) is 5.69 Å². The molecule has 0 fully saturated rings. The van der Waals surface area contributed by atoms with Crippen LogP contribution in [0.3, 0.4) is 0 Å². The van der Waals surface area contributed by atoms with Gasteiger partial charge in [-0.2, -0.15) is 0 Å². The largest absolute Gasteiger partial charge is 0.485 e. The molecule has 3 aromatic rings. The Hall–Kier alpha value is -3.35. The third-order valence-electron chi connectivity index (χ3n) is 4.00. The van der Waals surface area contributed by atoms with E-state index >= 15 is 0 Å². The van der Waals surface area contributed by atoms with Gasteiger partial charge in [-0.25, -0.2) is 9.48 Å². The number of rotatable bonds is 3. The molecule has 1 atom stereocenters. The molecule has 7 nitrogen and oxygen atoms in total. The summed E-state index contributed by atoms with van der Waals surface area (Å²) in [5, 5.41) is 17.3. The molecule has 126 valence electrons. The highest BCUT2D eigenvalue weighted by atomic mass is 16.6. The highest BCUT2D eigenvalue weighted by molar-refractivity contribution is 5.86. The van der Waals surface area contributed by atoms with Crippen molar-refractivity contribution in [2.24, 2.45) is 0 Å². The summed E-state index contributed by atoms with van der Waals surface area (Å²) in [7, 11) is 0. The molecule has 1 aromatic heterocycles. The van der Waals surface area contributed by atoms with Gasteiger partial charge in [0.2, 0.25) is 0 Å². The summed E-state index contributed by atoms with van der Waals surface area (Å²) >= 11 is 0. The highest BCUT2D eigenvalue weighted by Gasteiger charge is 2.32. The fourth-order valence-corrected chi connectivity index (χ4v) is 2.76. The summed E-state index contributed by atoms with van der Waals surface area (Å²) in [5.41, 5.74) is 2.01. The smallest absolute Gasteiger partial charge is 0.358 e. The Morgan fingerprint density at radius 1 is 1.16 bits per heavy atom. The molecule has 0 aliphatic carbocycles. The third-order valence-corrected chi connectivity index (χ3v) is 4.00. The molecule has 2 heterocycles. The summed E-state index contributed by atoms with van der Waals surface area (Å²) in [4.78, 5) is 11.6. The van der Waals surface area contributed by atoms with E-state index in [1.807, 2.05) is 43.3 Å². The van der Waals surface area contributed by atoms with Crippen molar-refractivity contribution < 1.29 is 19.4 Å². The Balaban J connectivity index is 1.79. The second kappa shape index (κ2) is 5.94. The first-order chi connectivity index (χ1) is 12.1. The first-order valence-electron chi connectivity index (χ1n) is 7.78. The van der Waals surface area contributed by atoms with E-state index in [0.29, 0.717) is 22.9 Å². The van der Waals surface area contributed by atoms with Gasteiger partial charge >= 0.3 is 5.97 Å². The van der Waals surface area contributed by atoms with Crippen molar-refractivity contribution in [1.29, 1.82) is 0 Å². The molecule has 1 unspecified atom stereocenters. The molecule has 1 aliphatic rings. The van der Waals surface area contributed by atoms with E-state index in [9.17, 15) is 9.90 Å². The Labute approximate surface area is 143 Å². The normalized spacial score (nSPS) is 15.8. The van der Waals surface area contributed by atoms with Crippen LogP contribution in [0, 0.1) is 6.92 Å². The van der Waals surface area contributed by atoms with E-state index in [1.165, 1.54) is 4.68 Å². The molecular formula is C18H15N3O4. The number of aromatic carboxylic acids is 1. The van der Waals surface area contributed by atoms with E-state index in [2.05, 4.69) is 10.3 Å². The second-order valence-corrected chi connectivity index (χ2v) is 5.74. The minimum atomic E-state index is -1.16. The number of hydrogen-bond donors (Lipinski definition) is 1. The lowest BCUT2D eigenvalue weighted by Gasteiger charge is -2.26. The van der Waals surface area contributed by atoms with Crippen molar-refractivity contribution >= 4 is 5.97 Å². The average Bonchev–Trinajstić information content (AvgIpc) is 3.07. The summed E-state index contributed by atoms with van der Waals surface area (Å²) in [6.45, 7) is 2.15. The summed E-state index contributed by atoms with van der Waals surface area (Å²) in [6.07, 6.45) is -0.627. The van der Waals surface area contributed by atoms with Gasteiger partial charge in [-0.3, -0.25) is 0 Å². The fourth-order valence-electron chi connectivity index (χ4n) is 2.76.